The number of nitrogens with one attached hydrogen (secondary N) is 2. The molecule has 0 atom stereocenters. The highest BCUT2D eigenvalue weighted by atomic mass is 79.9. The lowest BCUT2D eigenvalue weighted by molar-refractivity contribution is 0.598. The first-order valence-electron chi connectivity index (χ1n) is 6.60. The number of halogens is 1. The SMILES string of the molecule is CCNCc1ccccc1S(=O)(=O)Nc1cccc(Br)c1. The molecule has 0 aliphatic rings. The highest BCUT2D eigenvalue weighted by Crippen LogP contribution is 2.22. The van der Waals surface area contributed by atoms with Gasteiger partial charge in [-0.1, -0.05) is 47.1 Å². The Morgan fingerprint density at radius 2 is 1.86 bits per heavy atom. The lowest BCUT2D eigenvalue weighted by Gasteiger charge is -2.12. The van der Waals surface area contributed by atoms with Gasteiger partial charge >= 0.3 is 0 Å². The zero-order chi connectivity index (χ0) is 15.3. The molecule has 0 bridgehead atoms. The first-order valence-corrected chi connectivity index (χ1v) is 8.87. The third kappa shape index (κ3) is 4.30. The lowest BCUT2D eigenvalue weighted by Crippen LogP contribution is -2.18. The van der Waals surface area contributed by atoms with Gasteiger partial charge in [0.25, 0.3) is 10.0 Å². The average molecular weight is 369 g/mol. The molecular formula is C15H17BrN2O2S. The smallest absolute Gasteiger partial charge is 0.262 e. The van der Waals surface area contributed by atoms with Crippen LogP contribution in [0.1, 0.15) is 12.5 Å². The van der Waals surface area contributed by atoms with Crippen molar-refractivity contribution in [1.29, 1.82) is 0 Å². The van der Waals surface area contributed by atoms with Crippen LogP contribution in [0, 0.1) is 0 Å². The number of hydrogen-bond acceptors (Lipinski definition) is 3. The number of anilines is 1. The maximum atomic E-state index is 12.5. The van der Waals surface area contributed by atoms with Crippen molar-refractivity contribution in [3.63, 3.8) is 0 Å². The van der Waals surface area contributed by atoms with Crippen molar-refractivity contribution in [2.45, 2.75) is 18.4 Å². The molecule has 2 aromatic rings. The van der Waals surface area contributed by atoms with E-state index in [1.165, 1.54) is 0 Å². The molecule has 0 aliphatic heterocycles. The Hall–Kier alpha value is -1.37. The second-order valence-corrected chi connectivity index (χ2v) is 7.07. The minimum atomic E-state index is -3.60. The van der Waals surface area contributed by atoms with Gasteiger partial charge in [-0.05, 0) is 36.4 Å². The van der Waals surface area contributed by atoms with Crippen molar-refractivity contribution in [1.82, 2.24) is 5.32 Å². The standard InChI is InChI=1S/C15H17BrN2O2S/c1-2-17-11-12-6-3-4-9-15(12)21(19,20)18-14-8-5-7-13(16)10-14/h3-10,17-18H,2,11H2,1H3. The fraction of sp³-hybridized carbons (Fsp3) is 0.200. The van der Waals surface area contributed by atoms with Crippen LogP contribution in [0.25, 0.3) is 0 Å². The molecule has 0 amide bonds. The molecular weight excluding hydrogens is 352 g/mol. The van der Waals surface area contributed by atoms with Crippen LogP contribution in [-0.4, -0.2) is 15.0 Å². The number of rotatable bonds is 6. The van der Waals surface area contributed by atoms with Gasteiger partial charge in [-0.25, -0.2) is 8.42 Å². The van der Waals surface area contributed by atoms with Crippen LogP contribution in [0.5, 0.6) is 0 Å². The van der Waals surface area contributed by atoms with E-state index >= 15 is 0 Å². The Bertz CT molecular complexity index is 717. The van der Waals surface area contributed by atoms with Crippen LogP contribution in [0.15, 0.2) is 57.9 Å². The zero-order valence-electron chi connectivity index (χ0n) is 11.6. The van der Waals surface area contributed by atoms with Gasteiger partial charge < -0.3 is 5.32 Å². The molecule has 21 heavy (non-hydrogen) atoms. The fourth-order valence-electron chi connectivity index (χ4n) is 1.93. The third-order valence-corrected chi connectivity index (χ3v) is 4.88. The van der Waals surface area contributed by atoms with E-state index in [1.807, 2.05) is 25.1 Å². The Morgan fingerprint density at radius 3 is 2.57 bits per heavy atom. The van der Waals surface area contributed by atoms with Gasteiger partial charge in [0.15, 0.2) is 0 Å². The molecule has 0 aliphatic carbocycles. The Balaban J connectivity index is 2.31. The molecule has 0 spiro atoms. The average Bonchev–Trinajstić information content (AvgIpc) is 2.45. The summed E-state index contributed by atoms with van der Waals surface area (Å²) >= 11 is 3.33. The van der Waals surface area contributed by atoms with Crippen LogP contribution >= 0.6 is 15.9 Å². The van der Waals surface area contributed by atoms with E-state index in [4.69, 9.17) is 0 Å². The van der Waals surface area contributed by atoms with E-state index in [0.29, 0.717) is 17.1 Å². The summed E-state index contributed by atoms with van der Waals surface area (Å²) in [6, 6.07) is 14.1. The van der Waals surface area contributed by atoms with Gasteiger partial charge in [0.1, 0.15) is 0 Å². The maximum Gasteiger partial charge on any atom is 0.262 e. The first-order chi connectivity index (χ1) is 10.0. The van der Waals surface area contributed by atoms with E-state index in [2.05, 4.69) is 26.0 Å². The molecule has 4 nitrogen and oxygen atoms in total. The molecule has 0 heterocycles. The summed E-state index contributed by atoms with van der Waals surface area (Å²) in [5.41, 5.74) is 1.28. The normalized spacial score (nSPS) is 11.3. The predicted molar refractivity (Wildman–Crippen MR) is 88.8 cm³/mol. The molecule has 6 heteroatoms. The number of sulfonamides is 1. The van der Waals surface area contributed by atoms with Crippen molar-refractivity contribution in [2.75, 3.05) is 11.3 Å². The largest absolute Gasteiger partial charge is 0.313 e. The summed E-state index contributed by atoms with van der Waals surface area (Å²) < 4.78 is 28.5. The molecule has 0 radical (unpaired) electrons. The molecule has 2 N–H and O–H groups in total. The fourth-order valence-corrected chi connectivity index (χ4v) is 3.62. The zero-order valence-corrected chi connectivity index (χ0v) is 14.0. The monoisotopic (exact) mass is 368 g/mol. The minimum absolute atomic E-state index is 0.297. The van der Waals surface area contributed by atoms with Crippen LogP contribution in [0.4, 0.5) is 5.69 Å². The van der Waals surface area contributed by atoms with Gasteiger partial charge in [-0.3, -0.25) is 4.72 Å². The lowest BCUT2D eigenvalue weighted by atomic mass is 10.2. The van der Waals surface area contributed by atoms with Crippen LogP contribution in [0.3, 0.4) is 0 Å². The van der Waals surface area contributed by atoms with Crippen LogP contribution < -0.4 is 10.0 Å². The molecule has 0 fully saturated rings. The van der Waals surface area contributed by atoms with E-state index in [0.717, 1.165) is 16.6 Å². The molecule has 0 unspecified atom stereocenters. The highest BCUT2D eigenvalue weighted by molar-refractivity contribution is 9.10. The quantitative estimate of drug-likeness (QED) is 0.821. The first kappa shape index (κ1) is 16.0. The Kier molecular flexibility index (Phi) is 5.39. The van der Waals surface area contributed by atoms with Crippen molar-refractivity contribution in [3.8, 4) is 0 Å². The topological polar surface area (TPSA) is 58.2 Å². The Morgan fingerprint density at radius 1 is 1.10 bits per heavy atom. The van der Waals surface area contributed by atoms with Gasteiger partial charge in [-0.15, -0.1) is 0 Å². The molecule has 2 rings (SSSR count). The van der Waals surface area contributed by atoms with Crippen molar-refractivity contribution >= 4 is 31.6 Å². The molecule has 0 saturated heterocycles. The van der Waals surface area contributed by atoms with Gasteiger partial charge in [0.2, 0.25) is 0 Å². The van der Waals surface area contributed by atoms with Gasteiger partial charge in [0.05, 0.1) is 4.90 Å². The summed E-state index contributed by atoms with van der Waals surface area (Å²) in [5, 5.41) is 3.15. The van der Waals surface area contributed by atoms with E-state index in [9.17, 15) is 8.42 Å². The van der Waals surface area contributed by atoms with E-state index in [-0.39, 0.29) is 0 Å². The van der Waals surface area contributed by atoms with E-state index in [1.54, 1.807) is 30.3 Å². The predicted octanol–water partition coefficient (Wildman–Crippen LogP) is 3.36. The molecule has 0 aromatic heterocycles. The second-order valence-electron chi connectivity index (χ2n) is 4.50. The van der Waals surface area contributed by atoms with Crippen LogP contribution in [0.2, 0.25) is 0 Å². The summed E-state index contributed by atoms with van der Waals surface area (Å²) in [5.74, 6) is 0. The van der Waals surface area contributed by atoms with Crippen molar-refractivity contribution < 1.29 is 8.42 Å². The third-order valence-electron chi connectivity index (χ3n) is 2.90. The number of hydrogen-bond donors (Lipinski definition) is 2. The Labute approximate surface area is 133 Å². The second kappa shape index (κ2) is 7.06. The summed E-state index contributed by atoms with van der Waals surface area (Å²) in [7, 11) is -3.60. The summed E-state index contributed by atoms with van der Waals surface area (Å²) in [6.07, 6.45) is 0. The van der Waals surface area contributed by atoms with Crippen molar-refractivity contribution in [2.24, 2.45) is 0 Å². The highest BCUT2D eigenvalue weighted by Gasteiger charge is 2.17. The van der Waals surface area contributed by atoms with Crippen LogP contribution in [-0.2, 0) is 16.6 Å². The summed E-state index contributed by atoms with van der Waals surface area (Å²) in [4.78, 5) is 0.297. The molecule has 112 valence electrons. The molecule has 0 saturated carbocycles. The van der Waals surface area contributed by atoms with Crippen molar-refractivity contribution in [3.05, 3.63) is 58.6 Å². The number of benzene rings is 2. The van der Waals surface area contributed by atoms with E-state index < -0.39 is 10.0 Å². The van der Waals surface area contributed by atoms with Gasteiger partial charge in [-0.2, -0.15) is 0 Å². The maximum absolute atomic E-state index is 12.5. The molecule has 2 aromatic carbocycles. The van der Waals surface area contributed by atoms with Gasteiger partial charge in [0, 0.05) is 16.7 Å². The summed E-state index contributed by atoms with van der Waals surface area (Å²) in [6.45, 7) is 3.29. The minimum Gasteiger partial charge on any atom is -0.313 e.